The van der Waals surface area contributed by atoms with Gasteiger partial charge in [0.2, 0.25) is 11.8 Å². The molecule has 0 radical (unpaired) electrons. The van der Waals surface area contributed by atoms with Crippen molar-refractivity contribution in [1.29, 1.82) is 0 Å². The molecule has 1 saturated heterocycles. The fraction of sp³-hybridized carbons (Fsp3) is 0.467. The fourth-order valence-electron chi connectivity index (χ4n) is 2.58. The number of hydrogen-bond acceptors (Lipinski definition) is 5. The number of carbonyl (C=O) groups excluding carboxylic acids is 2. The van der Waals surface area contributed by atoms with Crippen molar-refractivity contribution in [3.63, 3.8) is 0 Å². The van der Waals surface area contributed by atoms with Crippen molar-refractivity contribution >= 4 is 22.8 Å². The first kappa shape index (κ1) is 15.4. The molecule has 1 aromatic heterocycles. The van der Waals surface area contributed by atoms with Gasteiger partial charge in [-0.2, -0.15) is 0 Å². The van der Waals surface area contributed by atoms with E-state index in [0.29, 0.717) is 19.6 Å². The maximum atomic E-state index is 12.0. The molecule has 0 unspecified atom stereocenters. The zero-order valence-electron chi connectivity index (χ0n) is 13.1. The number of piperazine rings is 1. The summed E-state index contributed by atoms with van der Waals surface area (Å²) in [5, 5.41) is 10.9. The Balaban J connectivity index is 1.46. The highest BCUT2D eigenvalue weighted by atomic mass is 16.2. The Labute approximate surface area is 134 Å². The quantitative estimate of drug-likeness (QED) is 0.790. The molecule has 0 saturated carbocycles. The lowest BCUT2D eigenvalue weighted by Gasteiger charge is -2.31. The summed E-state index contributed by atoms with van der Waals surface area (Å²) in [5.74, 6) is 0.0118. The van der Waals surface area contributed by atoms with Gasteiger partial charge in [0.15, 0.2) is 0 Å². The summed E-state index contributed by atoms with van der Waals surface area (Å²) in [6.07, 6.45) is 0. The third-order valence-electron chi connectivity index (χ3n) is 4.00. The second kappa shape index (κ2) is 6.74. The predicted octanol–water partition coefficient (Wildman–Crippen LogP) is -0.678. The Hall–Kier alpha value is -2.48. The van der Waals surface area contributed by atoms with E-state index >= 15 is 0 Å². The van der Waals surface area contributed by atoms with Crippen molar-refractivity contribution in [3.8, 4) is 0 Å². The number of amides is 2. The molecule has 0 spiro atoms. The van der Waals surface area contributed by atoms with Crippen molar-refractivity contribution in [2.24, 2.45) is 0 Å². The molecule has 1 aliphatic rings. The number of fused-ring (bicyclic) bond motifs is 1. The standard InChI is InChI=1S/C15H20N6O2/c1-19-8-9-20(11-15(19)23)7-6-16-14(22)10-21-13-5-3-2-4-12(13)17-18-21/h2-5H,6-11H2,1H3,(H,16,22). The highest BCUT2D eigenvalue weighted by molar-refractivity contribution is 5.80. The van der Waals surface area contributed by atoms with E-state index in [2.05, 4.69) is 15.6 Å². The molecule has 2 aromatic rings. The summed E-state index contributed by atoms with van der Waals surface area (Å²) in [6.45, 7) is 3.32. The summed E-state index contributed by atoms with van der Waals surface area (Å²) < 4.78 is 1.59. The second-order valence-electron chi connectivity index (χ2n) is 5.68. The zero-order chi connectivity index (χ0) is 16.2. The summed E-state index contributed by atoms with van der Waals surface area (Å²) in [4.78, 5) is 27.4. The van der Waals surface area contributed by atoms with Crippen LogP contribution >= 0.6 is 0 Å². The van der Waals surface area contributed by atoms with Gasteiger partial charge in [-0.1, -0.05) is 17.3 Å². The molecule has 2 heterocycles. The van der Waals surface area contributed by atoms with E-state index in [-0.39, 0.29) is 18.4 Å². The van der Waals surface area contributed by atoms with E-state index < -0.39 is 0 Å². The summed E-state index contributed by atoms with van der Waals surface area (Å²) in [7, 11) is 1.81. The second-order valence-corrected chi connectivity index (χ2v) is 5.68. The number of benzene rings is 1. The van der Waals surface area contributed by atoms with Crippen molar-refractivity contribution in [1.82, 2.24) is 30.1 Å². The van der Waals surface area contributed by atoms with Crippen LogP contribution in [-0.4, -0.2) is 76.4 Å². The van der Waals surface area contributed by atoms with Gasteiger partial charge in [0.1, 0.15) is 12.1 Å². The van der Waals surface area contributed by atoms with Crippen molar-refractivity contribution in [2.75, 3.05) is 39.8 Å². The van der Waals surface area contributed by atoms with Crippen LogP contribution in [0.5, 0.6) is 0 Å². The molecule has 1 N–H and O–H groups in total. The van der Waals surface area contributed by atoms with E-state index in [1.807, 2.05) is 36.2 Å². The number of carbonyl (C=O) groups is 2. The van der Waals surface area contributed by atoms with E-state index in [4.69, 9.17) is 0 Å². The summed E-state index contributed by atoms with van der Waals surface area (Å²) in [6, 6.07) is 7.53. The van der Waals surface area contributed by atoms with Crippen LogP contribution in [0.4, 0.5) is 0 Å². The lowest BCUT2D eigenvalue weighted by molar-refractivity contribution is -0.134. The fourth-order valence-corrected chi connectivity index (χ4v) is 2.58. The van der Waals surface area contributed by atoms with E-state index in [1.54, 1.807) is 9.58 Å². The molecule has 1 fully saturated rings. The molecular weight excluding hydrogens is 296 g/mol. The minimum atomic E-state index is -0.110. The monoisotopic (exact) mass is 316 g/mol. The normalized spacial score (nSPS) is 16.0. The SMILES string of the molecule is CN1CCN(CCNC(=O)Cn2nnc3ccccc32)CC1=O. The van der Waals surface area contributed by atoms with Gasteiger partial charge in [-0.3, -0.25) is 14.5 Å². The lowest BCUT2D eigenvalue weighted by Crippen LogP contribution is -2.50. The molecule has 8 nitrogen and oxygen atoms in total. The summed E-state index contributed by atoms with van der Waals surface area (Å²) >= 11 is 0. The lowest BCUT2D eigenvalue weighted by atomic mass is 10.3. The molecule has 1 aromatic carbocycles. The summed E-state index contributed by atoms with van der Waals surface area (Å²) in [5.41, 5.74) is 1.61. The Morgan fingerprint density at radius 3 is 2.96 bits per heavy atom. The molecule has 3 rings (SSSR count). The number of nitrogens with zero attached hydrogens (tertiary/aromatic N) is 5. The van der Waals surface area contributed by atoms with Gasteiger partial charge in [-0.25, -0.2) is 4.68 Å². The van der Waals surface area contributed by atoms with Gasteiger partial charge in [-0.15, -0.1) is 5.10 Å². The first-order valence-corrected chi connectivity index (χ1v) is 7.65. The van der Waals surface area contributed by atoms with Crippen molar-refractivity contribution in [2.45, 2.75) is 6.54 Å². The molecule has 0 atom stereocenters. The smallest absolute Gasteiger partial charge is 0.241 e. The van der Waals surface area contributed by atoms with E-state index in [9.17, 15) is 9.59 Å². The molecule has 0 aliphatic carbocycles. The number of hydrogen-bond donors (Lipinski definition) is 1. The largest absolute Gasteiger partial charge is 0.353 e. The van der Waals surface area contributed by atoms with E-state index in [0.717, 1.165) is 24.1 Å². The Bertz CT molecular complexity index is 713. The van der Waals surface area contributed by atoms with Crippen LogP contribution in [0.25, 0.3) is 11.0 Å². The van der Waals surface area contributed by atoms with Gasteiger partial charge in [-0.05, 0) is 12.1 Å². The first-order chi connectivity index (χ1) is 11.1. The Kier molecular flexibility index (Phi) is 4.52. The van der Waals surface area contributed by atoms with Crippen LogP contribution < -0.4 is 5.32 Å². The average molecular weight is 316 g/mol. The molecule has 1 aliphatic heterocycles. The zero-order valence-corrected chi connectivity index (χ0v) is 13.1. The van der Waals surface area contributed by atoms with Crippen LogP contribution in [0.15, 0.2) is 24.3 Å². The molecular formula is C15H20N6O2. The van der Waals surface area contributed by atoms with Crippen LogP contribution in [0.1, 0.15) is 0 Å². The van der Waals surface area contributed by atoms with Gasteiger partial charge >= 0.3 is 0 Å². The number of aromatic nitrogens is 3. The Morgan fingerprint density at radius 1 is 1.30 bits per heavy atom. The third-order valence-corrected chi connectivity index (χ3v) is 4.00. The van der Waals surface area contributed by atoms with Crippen LogP contribution in [0.3, 0.4) is 0 Å². The highest BCUT2D eigenvalue weighted by Gasteiger charge is 2.20. The Morgan fingerprint density at radius 2 is 2.13 bits per heavy atom. The minimum absolute atomic E-state index is 0.110. The van der Waals surface area contributed by atoms with E-state index in [1.165, 1.54) is 0 Å². The first-order valence-electron chi connectivity index (χ1n) is 7.65. The van der Waals surface area contributed by atoms with Crippen LogP contribution in [0.2, 0.25) is 0 Å². The van der Waals surface area contributed by atoms with Gasteiger partial charge in [0, 0.05) is 33.2 Å². The minimum Gasteiger partial charge on any atom is -0.353 e. The average Bonchev–Trinajstić information content (AvgIpc) is 2.94. The molecule has 122 valence electrons. The molecule has 23 heavy (non-hydrogen) atoms. The van der Waals surface area contributed by atoms with Gasteiger partial charge in [0.05, 0.1) is 12.1 Å². The topological polar surface area (TPSA) is 83.4 Å². The van der Waals surface area contributed by atoms with Crippen LogP contribution in [0, 0.1) is 0 Å². The molecule has 2 amide bonds. The number of rotatable bonds is 5. The highest BCUT2D eigenvalue weighted by Crippen LogP contribution is 2.09. The number of likely N-dealkylation sites (N-methyl/N-ethyl adjacent to an activating group) is 1. The van der Waals surface area contributed by atoms with Crippen molar-refractivity contribution in [3.05, 3.63) is 24.3 Å². The maximum absolute atomic E-state index is 12.0. The molecule has 8 heteroatoms. The predicted molar refractivity (Wildman–Crippen MR) is 84.6 cm³/mol. The number of para-hydroxylation sites is 1. The maximum Gasteiger partial charge on any atom is 0.241 e. The molecule has 0 bridgehead atoms. The third kappa shape index (κ3) is 3.65. The van der Waals surface area contributed by atoms with Gasteiger partial charge in [0.25, 0.3) is 0 Å². The van der Waals surface area contributed by atoms with Crippen molar-refractivity contribution < 1.29 is 9.59 Å². The van der Waals surface area contributed by atoms with Gasteiger partial charge < -0.3 is 10.2 Å². The number of nitrogens with one attached hydrogen (secondary N) is 1. The van der Waals surface area contributed by atoms with Crippen LogP contribution in [-0.2, 0) is 16.1 Å².